The fourth-order valence-electron chi connectivity index (χ4n) is 18.8. The molecule has 0 unspecified atom stereocenters. The minimum absolute atomic E-state index is 0.582. The monoisotopic (exact) mass is 1590 g/mol. The quantitative estimate of drug-likeness (QED) is 0.135. The number of rotatable bonds is 10. The lowest BCUT2D eigenvalue weighted by Crippen LogP contribution is -2.06. The molecule has 568 valence electrons. The van der Waals surface area contributed by atoms with Crippen molar-refractivity contribution in [1.82, 2.24) is 48.2 Å². The summed E-state index contributed by atoms with van der Waals surface area (Å²) in [5, 5.41) is 19.7. The molecule has 8 aromatic heterocycles. The number of aromatic nitrogens is 10. The molecule has 0 saturated heterocycles. The molecule has 12 heteroatoms. The third kappa shape index (κ3) is 11.1. The van der Waals surface area contributed by atoms with Gasteiger partial charge in [0.15, 0.2) is 23.3 Å². The van der Waals surface area contributed by atoms with Gasteiger partial charge in [-0.2, -0.15) is 19.9 Å². The summed E-state index contributed by atoms with van der Waals surface area (Å²) >= 11 is 3.74. The molecule has 0 bridgehead atoms. The summed E-state index contributed by atoms with van der Waals surface area (Å²) in [4.78, 5) is 30.9. The van der Waals surface area contributed by atoms with Gasteiger partial charge in [-0.3, -0.25) is 9.13 Å². The van der Waals surface area contributed by atoms with E-state index in [-0.39, 0.29) is 0 Å². The summed E-state index contributed by atoms with van der Waals surface area (Å²) in [6, 6.07) is 143. The van der Waals surface area contributed by atoms with Gasteiger partial charge in [-0.05, 0) is 153 Å². The van der Waals surface area contributed by atoms with Gasteiger partial charge in [-0.1, -0.05) is 291 Å². The summed E-state index contributed by atoms with van der Waals surface area (Å²) in [6.07, 6.45) is 0. The molecule has 18 aromatic carbocycles. The zero-order valence-corrected chi connectivity index (χ0v) is 67.0. The van der Waals surface area contributed by atoms with E-state index in [0.717, 1.165) is 83.2 Å². The van der Waals surface area contributed by atoms with Gasteiger partial charge in [-0.25, -0.2) is 9.97 Å². The van der Waals surface area contributed by atoms with Crippen LogP contribution in [0.4, 0.5) is 0 Å². The summed E-state index contributed by atoms with van der Waals surface area (Å²) in [5.74, 6) is 3.70. The maximum absolute atomic E-state index is 5.23. The van der Waals surface area contributed by atoms with Gasteiger partial charge >= 0.3 is 0 Å². The Balaban J connectivity index is 0.000000134. The highest BCUT2D eigenvalue weighted by atomic mass is 32.1. The van der Waals surface area contributed by atoms with Crippen LogP contribution in [0.25, 0.3) is 240 Å². The van der Waals surface area contributed by atoms with Crippen molar-refractivity contribution in [3.8, 4) is 91.1 Å². The number of hydrogen-bond acceptors (Lipinski definition) is 8. The minimum Gasteiger partial charge on any atom is -0.309 e. The third-order valence-corrected chi connectivity index (χ3v) is 26.7. The number of hydrogen-bond donors (Lipinski definition) is 0. The van der Waals surface area contributed by atoms with Crippen molar-refractivity contribution in [2.75, 3.05) is 0 Å². The lowest BCUT2D eigenvalue weighted by molar-refractivity contribution is 0.953. The van der Waals surface area contributed by atoms with E-state index in [1.54, 1.807) is 0 Å². The maximum atomic E-state index is 5.23. The van der Waals surface area contributed by atoms with Crippen molar-refractivity contribution in [3.05, 3.63) is 400 Å². The normalized spacial score (nSPS) is 11.9. The SMILES string of the molecule is c1ccc(-c2nc(-c3ccccc3)nc(-n3c4ccc(-c5ccc6c(c5)c5c7ccccc7ccc5n6-c5ccccc5)cc4c4c5sc6ccccc6c5ccc43)n2)cc1.c1ccc(-c2nc(-c3ccccc3)nc(-n3c4ccc(-c5ccc6c(c5)c5c7sc8ccccc8c7ccc5n6-c5ccccc5)cc4c4c5ccccc5ccc43)n2)cc1. The lowest BCUT2D eigenvalue weighted by atomic mass is 9.98. The summed E-state index contributed by atoms with van der Waals surface area (Å²) in [6.45, 7) is 0. The number of fused-ring (bicyclic) bond motifs is 24. The fraction of sp³-hybridized carbons (Fsp3) is 0. The number of nitrogens with zero attached hydrogens (tertiary/aromatic N) is 10. The van der Waals surface area contributed by atoms with E-state index >= 15 is 0 Å². The van der Waals surface area contributed by atoms with Crippen LogP contribution in [0.5, 0.6) is 0 Å². The first-order valence-corrected chi connectivity index (χ1v) is 42.7. The van der Waals surface area contributed by atoms with E-state index in [1.165, 1.54) is 122 Å². The van der Waals surface area contributed by atoms with E-state index in [4.69, 9.17) is 29.9 Å². The van der Waals surface area contributed by atoms with Crippen molar-refractivity contribution in [2.24, 2.45) is 0 Å². The topological polar surface area (TPSA) is 97.1 Å². The first-order chi connectivity index (χ1) is 60.5. The first-order valence-electron chi connectivity index (χ1n) is 41.1. The predicted octanol–water partition coefficient (Wildman–Crippen LogP) is 29.2. The largest absolute Gasteiger partial charge is 0.309 e. The highest BCUT2D eigenvalue weighted by Gasteiger charge is 2.27. The standard InChI is InChI=1S/2C55H33N5S/c1-4-15-35(16-5-1)53-56-54(36-17-6-2-7-18-36)58-55(57-53)60-46-29-26-37(32-43(46)50-40-21-11-10-14-34(40)24-30-47(50)60)38-25-28-45-44(33-38)51-48(59(45)39-19-8-3-9-20-39)31-27-42-41-22-12-13-23-49(41)61-52(42)51;1-4-15-35(16-5-1)53-56-54(36-17-6-2-7-18-36)58-55(57-53)60-46-29-26-38(33-44(46)51-48(60)31-27-42-41-22-12-13-23-49(41)61-52(42)51)37-25-28-45-43(32-37)50-40-21-11-10-14-34(40)24-30-47(50)59(45)39-19-8-3-9-20-39/h2*1-33H. The van der Waals surface area contributed by atoms with Crippen LogP contribution < -0.4 is 0 Å². The Hall–Kier alpha value is -15.9. The smallest absolute Gasteiger partial charge is 0.238 e. The molecule has 122 heavy (non-hydrogen) atoms. The van der Waals surface area contributed by atoms with Crippen molar-refractivity contribution in [1.29, 1.82) is 0 Å². The van der Waals surface area contributed by atoms with Gasteiger partial charge in [0.1, 0.15) is 0 Å². The average Bonchev–Trinajstić information content (AvgIpc) is 1.56. The Labute approximate surface area is 706 Å². The Bertz CT molecular complexity index is 8640. The summed E-state index contributed by atoms with van der Waals surface area (Å²) in [5.41, 5.74) is 19.7. The summed E-state index contributed by atoms with van der Waals surface area (Å²) in [7, 11) is 0. The van der Waals surface area contributed by atoms with Crippen LogP contribution in [0.2, 0.25) is 0 Å². The molecule has 0 aliphatic rings. The van der Waals surface area contributed by atoms with Gasteiger partial charge < -0.3 is 9.13 Å². The molecule has 0 aliphatic heterocycles. The molecule has 0 fully saturated rings. The molecule has 0 spiro atoms. The molecule has 0 radical (unpaired) electrons. The molecule has 0 saturated carbocycles. The van der Waals surface area contributed by atoms with E-state index in [2.05, 4.69) is 346 Å². The molecule has 26 aromatic rings. The molecule has 0 amide bonds. The van der Waals surface area contributed by atoms with E-state index in [0.29, 0.717) is 35.2 Å². The molecule has 0 aliphatic carbocycles. The molecule has 10 nitrogen and oxygen atoms in total. The van der Waals surface area contributed by atoms with Gasteiger partial charge in [0.05, 0.1) is 44.1 Å². The molecule has 8 heterocycles. The second-order valence-corrected chi connectivity index (χ2v) is 33.3. The molecule has 0 atom stereocenters. The van der Waals surface area contributed by atoms with Gasteiger partial charge in [0, 0.05) is 117 Å². The van der Waals surface area contributed by atoms with Crippen LogP contribution in [0.15, 0.2) is 400 Å². The summed E-state index contributed by atoms with van der Waals surface area (Å²) < 4.78 is 14.4. The third-order valence-electron chi connectivity index (χ3n) is 24.3. The maximum Gasteiger partial charge on any atom is 0.238 e. The first kappa shape index (κ1) is 69.3. The van der Waals surface area contributed by atoms with Gasteiger partial charge in [0.25, 0.3) is 0 Å². The van der Waals surface area contributed by atoms with Gasteiger partial charge in [-0.15, -0.1) is 22.7 Å². The zero-order valence-electron chi connectivity index (χ0n) is 65.4. The Kier molecular flexibility index (Phi) is 15.8. The lowest BCUT2D eigenvalue weighted by Gasteiger charge is -2.11. The predicted molar refractivity (Wildman–Crippen MR) is 510 cm³/mol. The van der Waals surface area contributed by atoms with Crippen LogP contribution in [-0.4, -0.2) is 48.2 Å². The number of thiophene rings is 2. The molecular weight excluding hydrogens is 1530 g/mol. The molecule has 26 rings (SSSR count). The van der Waals surface area contributed by atoms with Crippen molar-refractivity contribution >= 4 is 172 Å². The van der Waals surface area contributed by atoms with Crippen LogP contribution in [-0.2, 0) is 0 Å². The van der Waals surface area contributed by atoms with Crippen LogP contribution in [0.1, 0.15) is 0 Å². The minimum atomic E-state index is 0.582. The highest BCUT2D eigenvalue weighted by Crippen LogP contribution is 2.49. The Morgan fingerprint density at radius 2 is 0.443 bits per heavy atom. The number of para-hydroxylation sites is 2. The Morgan fingerprint density at radius 1 is 0.172 bits per heavy atom. The Morgan fingerprint density at radius 3 is 0.811 bits per heavy atom. The van der Waals surface area contributed by atoms with E-state index in [1.807, 2.05) is 95.5 Å². The fourth-order valence-corrected chi connectivity index (χ4v) is 21.3. The van der Waals surface area contributed by atoms with Crippen molar-refractivity contribution < 1.29 is 0 Å². The van der Waals surface area contributed by atoms with Crippen LogP contribution in [0, 0.1) is 0 Å². The van der Waals surface area contributed by atoms with Crippen LogP contribution in [0.3, 0.4) is 0 Å². The van der Waals surface area contributed by atoms with E-state index in [9.17, 15) is 0 Å². The molecule has 0 N–H and O–H groups in total. The van der Waals surface area contributed by atoms with E-state index < -0.39 is 0 Å². The van der Waals surface area contributed by atoms with Gasteiger partial charge in [0.2, 0.25) is 11.9 Å². The molecular formula is C110H66N10S2. The number of benzene rings is 18. The van der Waals surface area contributed by atoms with Crippen molar-refractivity contribution in [2.45, 2.75) is 0 Å². The highest BCUT2D eigenvalue weighted by molar-refractivity contribution is 7.27. The average molecular weight is 1590 g/mol. The van der Waals surface area contributed by atoms with Crippen molar-refractivity contribution in [3.63, 3.8) is 0 Å². The second-order valence-electron chi connectivity index (χ2n) is 31.2. The second kappa shape index (κ2) is 27.9. The zero-order chi connectivity index (χ0) is 80.0. The van der Waals surface area contributed by atoms with Crippen LogP contribution >= 0.6 is 22.7 Å².